The van der Waals surface area contributed by atoms with Gasteiger partial charge in [0, 0.05) is 49.3 Å². The Bertz CT molecular complexity index is 1650. The SMILES string of the molecule is COc1ccc(NC(=O)N(C)C[C@H]2Oc3ccc(NC(=O)CCCCCC(=O)Nc4ccccc4N)cc3CC(=O)N([C@H](C)CO)C[C@@H]2C)cc1. The summed E-state index contributed by atoms with van der Waals surface area (Å²) in [7, 11) is 3.25. The van der Waals surface area contributed by atoms with E-state index in [1.165, 1.54) is 4.90 Å². The smallest absolute Gasteiger partial charge is 0.321 e. The van der Waals surface area contributed by atoms with Crippen LogP contribution in [0.3, 0.4) is 0 Å². The number of ether oxygens (including phenoxy) is 2. The molecule has 0 radical (unpaired) electrons. The van der Waals surface area contributed by atoms with Crippen molar-refractivity contribution in [2.75, 3.05) is 55.5 Å². The van der Waals surface area contributed by atoms with Crippen LogP contribution in [0.15, 0.2) is 66.7 Å². The van der Waals surface area contributed by atoms with E-state index in [2.05, 4.69) is 16.0 Å². The quantitative estimate of drug-likeness (QED) is 0.114. The third kappa shape index (κ3) is 11.4. The second-order valence-electron chi connectivity index (χ2n) is 13.0. The summed E-state index contributed by atoms with van der Waals surface area (Å²) in [6, 6.07) is 18.5. The lowest BCUT2D eigenvalue weighted by atomic mass is 10.0. The standard InChI is InChI=1S/C38H50N6O7/c1-25-22-44(26(2)24-45)37(48)21-27-20-29(40-35(46)12-6-5-7-13-36(47)42-32-11-9-8-10-31(32)39)16-19-33(27)51-34(25)23-43(3)38(49)41-28-14-17-30(50-4)18-15-28/h8-11,14-20,25-26,34,45H,5-7,12-13,21-24,39H2,1-4H3,(H,40,46)(H,41,49)(H,42,47)/t25-,26+,34+/m0/s1. The molecule has 3 aromatic rings. The maximum atomic E-state index is 13.6. The van der Waals surface area contributed by atoms with E-state index < -0.39 is 12.1 Å². The van der Waals surface area contributed by atoms with Gasteiger partial charge in [-0.2, -0.15) is 0 Å². The number of rotatable bonds is 14. The predicted molar refractivity (Wildman–Crippen MR) is 198 cm³/mol. The summed E-state index contributed by atoms with van der Waals surface area (Å²) >= 11 is 0. The minimum Gasteiger partial charge on any atom is -0.497 e. The van der Waals surface area contributed by atoms with Crippen LogP contribution in [0.1, 0.15) is 51.5 Å². The fourth-order valence-corrected chi connectivity index (χ4v) is 5.77. The fourth-order valence-electron chi connectivity index (χ4n) is 5.77. The number of carbonyl (C=O) groups is 4. The molecule has 1 aliphatic heterocycles. The number of methoxy groups -OCH3 is 1. The zero-order valence-electron chi connectivity index (χ0n) is 29.8. The van der Waals surface area contributed by atoms with E-state index in [1.54, 1.807) is 92.7 Å². The molecule has 13 heteroatoms. The van der Waals surface area contributed by atoms with Gasteiger partial charge in [-0.05, 0) is 74.4 Å². The van der Waals surface area contributed by atoms with Crippen LogP contribution in [0.5, 0.6) is 11.5 Å². The molecule has 0 unspecified atom stereocenters. The molecule has 13 nitrogen and oxygen atoms in total. The third-order valence-electron chi connectivity index (χ3n) is 8.88. The lowest BCUT2D eigenvalue weighted by Crippen LogP contribution is -2.48. The zero-order chi connectivity index (χ0) is 36.9. The van der Waals surface area contributed by atoms with Gasteiger partial charge in [0.15, 0.2) is 0 Å². The summed E-state index contributed by atoms with van der Waals surface area (Å²) in [5, 5.41) is 18.6. The van der Waals surface area contributed by atoms with Gasteiger partial charge in [0.05, 0.1) is 44.1 Å². The first-order valence-corrected chi connectivity index (χ1v) is 17.3. The Morgan fingerprint density at radius 1 is 0.980 bits per heavy atom. The Morgan fingerprint density at radius 3 is 2.31 bits per heavy atom. The number of aliphatic hydroxyl groups excluding tert-OH is 1. The first-order valence-electron chi connectivity index (χ1n) is 17.3. The average Bonchev–Trinajstić information content (AvgIpc) is 3.16. The molecule has 5 amide bonds. The summed E-state index contributed by atoms with van der Waals surface area (Å²) in [6.45, 7) is 4.08. The molecular weight excluding hydrogens is 652 g/mol. The van der Waals surface area contributed by atoms with Crippen molar-refractivity contribution in [2.24, 2.45) is 5.92 Å². The number of aliphatic hydroxyl groups is 1. The lowest BCUT2D eigenvalue weighted by Gasteiger charge is -2.34. The number of hydrogen-bond acceptors (Lipinski definition) is 8. The Kier molecular flexibility index (Phi) is 14.1. The van der Waals surface area contributed by atoms with Crippen LogP contribution in [-0.2, 0) is 20.8 Å². The molecule has 0 fully saturated rings. The first kappa shape index (κ1) is 38.5. The number of nitrogens with zero attached hydrogens (tertiary/aromatic N) is 2. The molecule has 3 atom stereocenters. The Labute approximate surface area is 299 Å². The van der Waals surface area contributed by atoms with Gasteiger partial charge in [-0.15, -0.1) is 0 Å². The summed E-state index contributed by atoms with van der Waals surface area (Å²) in [6.07, 6.45) is 2.03. The molecule has 4 rings (SSSR count). The monoisotopic (exact) mass is 702 g/mol. The van der Waals surface area contributed by atoms with Crippen LogP contribution in [0.4, 0.5) is 27.5 Å². The minimum atomic E-state index is -0.498. The number of benzene rings is 3. The molecule has 0 bridgehead atoms. The van der Waals surface area contributed by atoms with E-state index in [-0.39, 0.29) is 55.7 Å². The molecular formula is C38H50N6O7. The van der Waals surface area contributed by atoms with E-state index in [0.717, 1.165) is 0 Å². The highest BCUT2D eigenvalue weighted by atomic mass is 16.5. The predicted octanol–water partition coefficient (Wildman–Crippen LogP) is 5.12. The van der Waals surface area contributed by atoms with E-state index in [1.807, 2.05) is 6.92 Å². The number of likely N-dealkylation sites (N-methyl/N-ethyl adjacent to an activating group) is 1. The Balaban J connectivity index is 1.37. The molecule has 0 saturated heterocycles. The van der Waals surface area contributed by atoms with Crippen LogP contribution in [-0.4, -0.2) is 84.7 Å². The van der Waals surface area contributed by atoms with Gasteiger partial charge in [-0.1, -0.05) is 25.5 Å². The number of nitrogen functional groups attached to an aromatic ring is 1. The summed E-state index contributed by atoms with van der Waals surface area (Å²) in [5.74, 6) is 0.470. The summed E-state index contributed by atoms with van der Waals surface area (Å²) in [4.78, 5) is 55.0. The van der Waals surface area contributed by atoms with Crippen molar-refractivity contribution in [1.29, 1.82) is 0 Å². The summed E-state index contributed by atoms with van der Waals surface area (Å²) < 4.78 is 11.7. The number of amides is 5. The van der Waals surface area contributed by atoms with Gasteiger partial charge in [0.25, 0.3) is 0 Å². The average molecular weight is 703 g/mol. The van der Waals surface area contributed by atoms with E-state index in [4.69, 9.17) is 15.2 Å². The van der Waals surface area contributed by atoms with Gasteiger partial charge in [0.2, 0.25) is 17.7 Å². The number of unbranched alkanes of at least 4 members (excludes halogenated alkanes) is 2. The number of fused-ring (bicyclic) bond motifs is 1. The molecule has 0 saturated carbocycles. The molecule has 1 heterocycles. The van der Waals surface area contributed by atoms with Crippen molar-refractivity contribution in [3.05, 3.63) is 72.3 Å². The highest BCUT2D eigenvalue weighted by Gasteiger charge is 2.32. The zero-order valence-corrected chi connectivity index (χ0v) is 29.8. The molecule has 6 N–H and O–H groups in total. The van der Waals surface area contributed by atoms with Crippen molar-refractivity contribution in [2.45, 2.75) is 64.5 Å². The van der Waals surface area contributed by atoms with Gasteiger partial charge >= 0.3 is 6.03 Å². The maximum absolute atomic E-state index is 13.6. The minimum absolute atomic E-state index is 0.00726. The number of carbonyl (C=O) groups excluding carboxylic acids is 4. The van der Waals surface area contributed by atoms with Gasteiger partial charge in [0.1, 0.15) is 17.6 Å². The van der Waals surface area contributed by atoms with Crippen LogP contribution in [0.25, 0.3) is 0 Å². The van der Waals surface area contributed by atoms with E-state index in [9.17, 15) is 24.3 Å². The Hall–Kier alpha value is -5.30. The molecule has 0 aliphatic carbocycles. The Morgan fingerprint density at radius 2 is 1.65 bits per heavy atom. The van der Waals surface area contributed by atoms with E-state index in [0.29, 0.717) is 72.0 Å². The number of urea groups is 1. The maximum Gasteiger partial charge on any atom is 0.321 e. The second-order valence-corrected chi connectivity index (χ2v) is 13.0. The number of anilines is 4. The second kappa shape index (κ2) is 18.6. The van der Waals surface area contributed by atoms with Crippen LogP contribution >= 0.6 is 0 Å². The fraction of sp³-hybridized carbons (Fsp3) is 0.421. The van der Waals surface area contributed by atoms with Crippen LogP contribution in [0, 0.1) is 5.92 Å². The topological polar surface area (TPSA) is 176 Å². The molecule has 1 aliphatic rings. The number of para-hydroxylation sites is 2. The van der Waals surface area contributed by atoms with Crippen molar-refractivity contribution < 1.29 is 33.8 Å². The van der Waals surface area contributed by atoms with E-state index >= 15 is 0 Å². The molecule has 0 aromatic heterocycles. The molecule has 3 aromatic carbocycles. The van der Waals surface area contributed by atoms with Gasteiger partial charge < -0.3 is 46.1 Å². The first-order chi connectivity index (χ1) is 24.5. The highest BCUT2D eigenvalue weighted by Crippen LogP contribution is 2.30. The largest absolute Gasteiger partial charge is 0.497 e. The van der Waals surface area contributed by atoms with Crippen LogP contribution in [0.2, 0.25) is 0 Å². The highest BCUT2D eigenvalue weighted by molar-refractivity contribution is 5.94. The molecule has 51 heavy (non-hydrogen) atoms. The number of hydrogen-bond donors (Lipinski definition) is 5. The van der Waals surface area contributed by atoms with Crippen molar-refractivity contribution in [1.82, 2.24) is 9.80 Å². The normalized spacial score (nSPS) is 16.3. The number of nitrogens with two attached hydrogens (primary N) is 1. The summed E-state index contributed by atoms with van der Waals surface area (Å²) in [5.41, 5.74) is 8.70. The van der Waals surface area contributed by atoms with Gasteiger partial charge in [-0.25, -0.2) is 4.79 Å². The van der Waals surface area contributed by atoms with Gasteiger partial charge in [-0.3, -0.25) is 14.4 Å². The van der Waals surface area contributed by atoms with Crippen molar-refractivity contribution in [3.63, 3.8) is 0 Å². The lowest BCUT2D eigenvalue weighted by molar-refractivity contribution is -0.134. The molecule has 274 valence electrons. The third-order valence-corrected chi connectivity index (χ3v) is 8.88. The van der Waals surface area contributed by atoms with Crippen molar-refractivity contribution in [3.8, 4) is 11.5 Å². The van der Waals surface area contributed by atoms with Crippen molar-refractivity contribution >= 4 is 46.5 Å². The van der Waals surface area contributed by atoms with Crippen LogP contribution < -0.4 is 31.2 Å². The number of nitrogens with one attached hydrogen (secondary N) is 3. The molecule has 0 spiro atoms.